The Balaban J connectivity index is 2.12. The summed E-state index contributed by atoms with van der Waals surface area (Å²) in [6, 6.07) is 7.77. The first kappa shape index (κ1) is 15.3. The van der Waals surface area contributed by atoms with Crippen LogP contribution in [0.25, 0.3) is 6.08 Å². The summed E-state index contributed by atoms with van der Waals surface area (Å²) < 4.78 is 0. The molecule has 1 aromatic carbocycles. The average Bonchev–Trinajstić information content (AvgIpc) is 2.41. The van der Waals surface area contributed by atoms with Gasteiger partial charge < -0.3 is 5.32 Å². The van der Waals surface area contributed by atoms with Crippen molar-refractivity contribution >= 4 is 6.08 Å². The molecule has 0 aromatic heterocycles. The zero-order chi connectivity index (χ0) is 14.5. The molecular formula is C19H29N. The molecule has 1 fully saturated rings. The molecule has 1 aliphatic carbocycles. The number of benzene rings is 1. The van der Waals surface area contributed by atoms with Gasteiger partial charge in [-0.2, -0.15) is 0 Å². The second-order valence-electron chi connectivity index (χ2n) is 6.43. The summed E-state index contributed by atoms with van der Waals surface area (Å²) in [7, 11) is 0. The Labute approximate surface area is 124 Å². The molecule has 1 saturated carbocycles. The smallest absolute Gasteiger partial charge is 0.0300 e. The Morgan fingerprint density at radius 1 is 1.30 bits per heavy atom. The molecule has 3 atom stereocenters. The minimum Gasteiger partial charge on any atom is -0.307 e. The molecule has 2 rings (SSSR count). The van der Waals surface area contributed by atoms with E-state index in [1.165, 1.54) is 42.4 Å². The van der Waals surface area contributed by atoms with Crippen LogP contribution in [0.5, 0.6) is 0 Å². The lowest BCUT2D eigenvalue weighted by atomic mass is 9.86. The minimum atomic E-state index is 0.427. The predicted molar refractivity (Wildman–Crippen MR) is 88.9 cm³/mol. The van der Waals surface area contributed by atoms with Crippen LogP contribution in [0.15, 0.2) is 24.3 Å². The first-order valence-electron chi connectivity index (χ1n) is 8.10. The second-order valence-corrected chi connectivity index (χ2v) is 6.43. The van der Waals surface area contributed by atoms with E-state index >= 15 is 0 Å². The van der Waals surface area contributed by atoms with Gasteiger partial charge in [-0.25, -0.2) is 0 Å². The summed E-state index contributed by atoms with van der Waals surface area (Å²) in [5.41, 5.74) is 4.19. The van der Waals surface area contributed by atoms with E-state index in [0.29, 0.717) is 12.1 Å². The minimum absolute atomic E-state index is 0.427. The Morgan fingerprint density at radius 2 is 2.10 bits per heavy atom. The molecule has 0 aliphatic heterocycles. The van der Waals surface area contributed by atoms with Gasteiger partial charge in [0.25, 0.3) is 0 Å². The van der Waals surface area contributed by atoms with Crippen molar-refractivity contribution in [2.24, 2.45) is 5.92 Å². The van der Waals surface area contributed by atoms with Crippen molar-refractivity contribution < 1.29 is 0 Å². The number of hydrogen-bond donors (Lipinski definition) is 1. The van der Waals surface area contributed by atoms with E-state index in [9.17, 15) is 0 Å². The third-order valence-electron chi connectivity index (χ3n) is 4.58. The van der Waals surface area contributed by atoms with Crippen LogP contribution in [0.2, 0.25) is 0 Å². The topological polar surface area (TPSA) is 12.0 Å². The quantitative estimate of drug-likeness (QED) is 0.788. The first-order chi connectivity index (χ1) is 9.61. The van der Waals surface area contributed by atoms with Crippen LogP contribution in [0.1, 0.15) is 69.2 Å². The predicted octanol–water partition coefficient (Wildman–Crippen LogP) is 5.26. The molecule has 20 heavy (non-hydrogen) atoms. The molecule has 0 bridgehead atoms. The Hall–Kier alpha value is -1.08. The SMILES string of the molecule is C/C=C\c1c(C)cccc1C(C)NC1CCCC(C)C1. The molecule has 0 spiro atoms. The van der Waals surface area contributed by atoms with Crippen molar-refractivity contribution in [3.8, 4) is 0 Å². The van der Waals surface area contributed by atoms with Gasteiger partial charge in [-0.1, -0.05) is 50.1 Å². The number of rotatable bonds is 4. The highest BCUT2D eigenvalue weighted by Crippen LogP contribution is 2.28. The monoisotopic (exact) mass is 271 g/mol. The highest BCUT2D eigenvalue weighted by molar-refractivity contribution is 5.58. The van der Waals surface area contributed by atoms with Crippen molar-refractivity contribution in [3.05, 3.63) is 41.0 Å². The van der Waals surface area contributed by atoms with Crippen LogP contribution in [-0.4, -0.2) is 6.04 Å². The molecule has 0 heterocycles. The van der Waals surface area contributed by atoms with Gasteiger partial charge in [-0.3, -0.25) is 0 Å². The molecule has 1 heteroatoms. The van der Waals surface area contributed by atoms with Gasteiger partial charge in [0, 0.05) is 12.1 Å². The summed E-state index contributed by atoms with van der Waals surface area (Å²) in [5, 5.41) is 3.86. The van der Waals surface area contributed by atoms with Gasteiger partial charge >= 0.3 is 0 Å². The standard InChI is InChI=1S/C19H29N/c1-5-8-18-15(3)10-7-12-19(18)16(4)20-17-11-6-9-14(2)13-17/h5,7-8,10,12,14,16-17,20H,6,9,11,13H2,1-4H3/b8-5-. The fourth-order valence-electron chi connectivity index (χ4n) is 3.50. The van der Waals surface area contributed by atoms with E-state index in [0.717, 1.165) is 5.92 Å². The van der Waals surface area contributed by atoms with Crippen molar-refractivity contribution in [1.82, 2.24) is 5.32 Å². The van der Waals surface area contributed by atoms with E-state index in [-0.39, 0.29) is 0 Å². The van der Waals surface area contributed by atoms with Crippen LogP contribution in [0.3, 0.4) is 0 Å². The van der Waals surface area contributed by atoms with Crippen LogP contribution in [0, 0.1) is 12.8 Å². The normalized spacial score (nSPS) is 25.0. The summed E-state index contributed by atoms with van der Waals surface area (Å²) >= 11 is 0. The first-order valence-corrected chi connectivity index (χ1v) is 8.10. The number of allylic oxidation sites excluding steroid dienone is 1. The molecule has 0 amide bonds. The molecule has 0 radical (unpaired) electrons. The molecule has 3 unspecified atom stereocenters. The number of nitrogens with one attached hydrogen (secondary N) is 1. The lowest BCUT2D eigenvalue weighted by Gasteiger charge is -2.31. The largest absolute Gasteiger partial charge is 0.307 e. The summed E-state index contributed by atoms with van der Waals surface area (Å²) in [6.07, 6.45) is 9.82. The van der Waals surface area contributed by atoms with Crippen molar-refractivity contribution in [2.75, 3.05) is 0 Å². The van der Waals surface area contributed by atoms with Gasteiger partial charge in [0.15, 0.2) is 0 Å². The van der Waals surface area contributed by atoms with Crippen LogP contribution in [0.4, 0.5) is 0 Å². The summed E-state index contributed by atoms with van der Waals surface area (Å²) in [6.45, 7) is 8.99. The van der Waals surface area contributed by atoms with Gasteiger partial charge in [-0.15, -0.1) is 0 Å². The van der Waals surface area contributed by atoms with E-state index < -0.39 is 0 Å². The van der Waals surface area contributed by atoms with E-state index in [1.807, 2.05) is 0 Å². The number of aryl methyl sites for hydroxylation is 1. The molecule has 110 valence electrons. The molecule has 0 saturated heterocycles. The maximum Gasteiger partial charge on any atom is 0.0300 e. The third-order valence-corrected chi connectivity index (χ3v) is 4.58. The van der Waals surface area contributed by atoms with Crippen molar-refractivity contribution in [3.63, 3.8) is 0 Å². The Bertz CT molecular complexity index is 461. The van der Waals surface area contributed by atoms with Gasteiger partial charge in [0.2, 0.25) is 0 Å². The van der Waals surface area contributed by atoms with Gasteiger partial charge in [-0.05, 0) is 56.2 Å². The summed E-state index contributed by atoms with van der Waals surface area (Å²) in [4.78, 5) is 0. The van der Waals surface area contributed by atoms with E-state index in [2.05, 4.69) is 63.4 Å². The fourth-order valence-corrected chi connectivity index (χ4v) is 3.50. The highest BCUT2D eigenvalue weighted by Gasteiger charge is 2.21. The molecule has 1 nitrogen and oxygen atoms in total. The fraction of sp³-hybridized carbons (Fsp3) is 0.579. The number of hydrogen-bond acceptors (Lipinski definition) is 1. The van der Waals surface area contributed by atoms with Gasteiger partial charge in [0.1, 0.15) is 0 Å². The Morgan fingerprint density at radius 3 is 2.80 bits per heavy atom. The Kier molecular flexibility index (Phi) is 5.42. The maximum atomic E-state index is 3.86. The van der Waals surface area contributed by atoms with Crippen LogP contribution in [-0.2, 0) is 0 Å². The van der Waals surface area contributed by atoms with E-state index in [4.69, 9.17) is 0 Å². The zero-order valence-electron chi connectivity index (χ0n) is 13.4. The highest BCUT2D eigenvalue weighted by atomic mass is 14.9. The van der Waals surface area contributed by atoms with E-state index in [1.54, 1.807) is 0 Å². The molecule has 1 aromatic rings. The average molecular weight is 271 g/mol. The lowest BCUT2D eigenvalue weighted by Crippen LogP contribution is -2.35. The van der Waals surface area contributed by atoms with Crippen molar-refractivity contribution in [1.29, 1.82) is 0 Å². The van der Waals surface area contributed by atoms with Crippen LogP contribution < -0.4 is 5.32 Å². The second kappa shape index (κ2) is 7.08. The molecule has 1 N–H and O–H groups in total. The zero-order valence-corrected chi connectivity index (χ0v) is 13.4. The maximum absolute atomic E-state index is 3.86. The third kappa shape index (κ3) is 3.73. The summed E-state index contributed by atoms with van der Waals surface area (Å²) in [5.74, 6) is 0.876. The van der Waals surface area contributed by atoms with Crippen molar-refractivity contribution in [2.45, 2.75) is 65.5 Å². The van der Waals surface area contributed by atoms with Gasteiger partial charge in [0.05, 0.1) is 0 Å². The molecular weight excluding hydrogens is 242 g/mol. The lowest BCUT2D eigenvalue weighted by molar-refractivity contribution is 0.285. The molecule has 1 aliphatic rings. The van der Waals surface area contributed by atoms with Crippen LogP contribution >= 0.6 is 0 Å².